The number of aromatic nitrogens is 2. The highest BCUT2D eigenvalue weighted by Crippen LogP contribution is 2.06. The third kappa shape index (κ3) is 3.77. The van der Waals surface area contributed by atoms with E-state index in [-0.39, 0.29) is 5.69 Å². The van der Waals surface area contributed by atoms with Crippen LogP contribution in [0.3, 0.4) is 0 Å². The summed E-state index contributed by atoms with van der Waals surface area (Å²) in [7, 11) is 0. The molecular weight excluding hydrogens is 260 g/mol. The van der Waals surface area contributed by atoms with Crippen molar-refractivity contribution in [1.82, 2.24) is 15.3 Å². The minimum Gasteiger partial charge on any atom is -0.477 e. The number of carbonyl (C=O) groups excluding carboxylic acids is 1. The molecule has 0 saturated heterocycles. The number of hydrogen-bond donors (Lipinski definition) is 3. The minimum atomic E-state index is -1.11. The van der Waals surface area contributed by atoms with Gasteiger partial charge in [-0.05, 0) is 24.3 Å². The second kappa shape index (κ2) is 6.28. The largest absolute Gasteiger partial charge is 0.477 e. The van der Waals surface area contributed by atoms with E-state index in [9.17, 15) is 9.59 Å². The fourth-order valence-electron chi connectivity index (χ4n) is 1.44. The lowest BCUT2D eigenvalue weighted by atomic mass is 10.3. The van der Waals surface area contributed by atoms with Gasteiger partial charge in [0.25, 0.3) is 0 Å². The minimum absolute atomic E-state index is 0.0792. The van der Waals surface area contributed by atoms with Crippen molar-refractivity contribution in [2.24, 2.45) is 0 Å². The van der Waals surface area contributed by atoms with Gasteiger partial charge in [0.1, 0.15) is 5.69 Å². The number of anilines is 1. The zero-order valence-corrected chi connectivity index (χ0v) is 10.4. The average Bonchev–Trinajstić information content (AvgIpc) is 2.47. The Bertz CT molecular complexity index is 599. The van der Waals surface area contributed by atoms with E-state index in [1.54, 1.807) is 18.3 Å². The van der Waals surface area contributed by atoms with Crippen LogP contribution in [0.15, 0.2) is 42.7 Å². The van der Waals surface area contributed by atoms with Crippen molar-refractivity contribution in [3.05, 3.63) is 54.1 Å². The van der Waals surface area contributed by atoms with E-state index >= 15 is 0 Å². The molecule has 0 aliphatic rings. The van der Waals surface area contributed by atoms with Gasteiger partial charge in [-0.2, -0.15) is 0 Å². The summed E-state index contributed by atoms with van der Waals surface area (Å²) < 4.78 is 0. The molecule has 102 valence electrons. The standard InChI is InChI=1S/C13H12N4O3/c18-12(19)11-5-4-10(8-15-11)17-13(20)16-7-9-3-1-2-6-14-9/h1-6,8H,7H2,(H,18,19)(H2,16,17,20). The molecular formula is C13H12N4O3. The molecule has 3 N–H and O–H groups in total. The maximum Gasteiger partial charge on any atom is 0.354 e. The topological polar surface area (TPSA) is 104 Å². The normalized spacial score (nSPS) is 9.80. The number of nitrogens with one attached hydrogen (secondary N) is 2. The molecule has 0 aliphatic carbocycles. The van der Waals surface area contributed by atoms with Crippen LogP contribution in [-0.4, -0.2) is 27.1 Å². The summed E-state index contributed by atoms with van der Waals surface area (Å²) in [5.41, 5.74) is 1.07. The Labute approximate surface area is 114 Å². The van der Waals surface area contributed by atoms with Crippen LogP contribution in [0.5, 0.6) is 0 Å². The molecule has 20 heavy (non-hydrogen) atoms. The summed E-state index contributed by atoms with van der Waals surface area (Å²) in [6, 6.07) is 7.78. The Morgan fingerprint density at radius 3 is 2.60 bits per heavy atom. The van der Waals surface area contributed by atoms with Gasteiger partial charge in [0, 0.05) is 6.20 Å². The highest BCUT2D eigenvalue weighted by molar-refractivity contribution is 5.90. The number of carbonyl (C=O) groups is 2. The first-order valence-electron chi connectivity index (χ1n) is 5.79. The molecule has 0 aliphatic heterocycles. The van der Waals surface area contributed by atoms with Crippen LogP contribution in [-0.2, 0) is 6.54 Å². The van der Waals surface area contributed by atoms with Gasteiger partial charge in [0.2, 0.25) is 0 Å². The lowest BCUT2D eigenvalue weighted by Gasteiger charge is -2.07. The van der Waals surface area contributed by atoms with E-state index in [1.165, 1.54) is 18.3 Å². The molecule has 2 amide bonds. The summed E-state index contributed by atoms with van der Waals surface area (Å²) in [5, 5.41) is 13.9. The number of hydrogen-bond acceptors (Lipinski definition) is 4. The van der Waals surface area contributed by atoms with Crippen molar-refractivity contribution in [2.75, 3.05) is 5.32 Å². The highest BCUT2D eigenvalue weighted by Gasteiger charge is 2.05. The van der Waals surface area contributed by atoms with Crippen molar-refractivity contribution >= 4 is 17.7 Å². The molecule has 0 saturated carbocycles. The Morgan fingerprint density at radius 2 is 2.00 bits per heavy atom. The number of carboxylic acids is 1. The molecule has 0 spiro atoms. The molecule has 0 radical (unpaired) electrons. The lowest BCUT2D eigenvalue weighted by molar-refractivity contribution is 0.0690. The maximum atomic E-state index is 11.6. The van der Waals surface area contributed by atoms with Crippen molar-refractivity contribution < 1.29 is 14.7 Å². The molecule has 0 bridgehead atoms. The first kappa shape index (κ1) is 13.5. The fourth-order valence-corrected chi connectivity index (χ4v) is 1.44. The molecule has 0 fully saturated rings. The molecule has 2 aromatic heterocycles. The number of pyridine rings is 2. The van der Waals surface area contributed by atoms with Crippen LogP contribution < -0.4 is 10.6 Å². The monoisotopic (exact) mass is 272 g/mol. The second-order valence-electron chi connectivity index (χ2n) is 3.87. The fraction of sp³-hybridized carbons (Fsp3) is 0.0769. The zero-order chi connectivity index (χ0) is 14.4. The summed E-state index contributed by atoms with van der Waals surface area (Å²) in [6.45, 7) is 0.299. The molecule has 7 heteroatoms. The number of rotatable bonds is 4. The van der Waals surface area contributed by atoms with Crippen LogP contribution in [0.2, 0.25) is 0 Å². The average molecular weight is 272 g/mol. The lowest BCUT2D eigenvalue weighted by Crippen LogP contribution is -2.28. The number of amides is 2. The Hall–Kier alpha value is -2.96. The SMILES string of the molecule is O=C(NCc1ccccn1)Nc1ccc(C(=O)O)nc1. The Morgan fingerprint density at radius 1 is 1.15 bits per heavy atom. The van der Waals surface area contributed by atoms with Crippen molar-refractivity contribution in [1.29, 1.82) is 0 Å². The Kier molecular flexibility index (Phi) is 4.23. The quantitative estimate of drug-likeness (QED) is 0.782. The first-order chi connectivity index (χ1) is 9.65. The molecule has 2 heterocycles. The molecule has 0 aromatic carbocycles. The zero-order valence-electron chi connectivity index (χ0n) is 10.4. The molecule has 2 aromatic rings. The van der Waals surface area contributed by atoms with Crippen LogP contribution in [0.4, 0.5) is 10.5 Å². The van der Waals surface area contributed by atoms with Crippen molar-refractivity contribution in [3.63, 3.8) is 0 Å². The highest BCUT2D eigenvalue weighted by atomic mass is 16.4. The number of aromatic carboxylic acids is 1. The van der Waals surface area contributed by atoms with Crippen LogP contribution in [0.25, 0.3) is 0 Å². The van der Waals surface area contributed by atoms with Gasteiger partial charge >= 0.3 is 12.0 Å². The van der Waals surface area contributed by atoms with Gasteiger partial charge < -0.3 is 15.7 Å². The van der Waals surface area contributed by atoms with E-state index in [1.807, 2.05) is 6.07 Å². The molecule has 7 nitrogen and oxygen atoms in total. The summed E-state index contributed by atoms with van der Waals surface area (Å²) in [5.74, 6) is -1.11. The molecule has 0 atom stereocenters. The van der Waals surface area contributed by atoms with E-state index in [4.69, 9.17) is 5.11 Å². The van der Waals surface area contributed by atoms with Gasteiger partial charge in [-0.3, -0.25) is 4.98 Å². The molecule has 2 rings (SSSR count). The molecule has 0 unspecified atom stereocenters. The third-order valence-corrected chi connectivity index (χ3v) is 2.40. The van der Waals surface area contributed by atoms with E-state index in [0.717, 1.165) is 5.69 Å². The third-order valence-electron chi connectivity index (χ3n) is 2.40. The van der Waals surface area contributed by atoms with Gasteiger partial charge in [-0.15, -0.1) is 0 Å². The van der Waals surface area contributed by atoms with E-state index < -0.39 is 12.0 Å². The van der Waals surface area contributed by atoms with Gasteiger partial charge in [0.15, 0.2) is 0 Å². The van der Waals surface area contributed by atoms with E-state index in [0.29, 0.717) is 12.2 Å². The second-order valence-corrected chi connectivity index (χ2v) is 3.87. The van der Waals surface area contributed by atoms with E-state index in [2.05, 4.69) is 20.6 Å². The maximum absolute atomic E-state index is 11.6. The predicted molar refractivity (Wildman–Crippen MR) is 71.3 cm³/mol. The van der Waals surface area contributed by atoms with Crippen LogP contribution in [0, 0.1) is 0 Å². The predicted octanol–water partition coefficient (Wildman–Crippen LogP) is 1.50. The first-order valence-corrected chi connectivity index (χ1v) is 5.79. The summed E-state index contributed by atoms with van der Waals surface area (Å²) in [6.07, 6.45) is 2.92. The van der Waals surface area contributed by atoms with Gasteiger partial charge in [0.05, 0.1) is 24.1 Å². The van der Waals surface area contributed by atoms with Gasteiger partial charge in [-0.1, -0.05) is 6.07 Å². The smallest absolute Gasteiger partial charge is 0.354 e. The summed E-state index contributed by atoms with van der Waals surface area (Å²) in [4.78, 5) is 30.0. The number of carboxylic acid groups (broad SMARTS) is 1. The summed E-state index contributed by atoms with van der Waals surface area (Å²) >= 11 is 0. The van der Waals surface area contributed by atoms with Crippen LogP contribution in [0.1, 0.15) is 16.2 Å². The Balaban J connectivity index is 1.86. The van der Waals surface area contributed by atoms with Crippen molar-refractivity contribution in [3.8, 4) is 0 Å². The van der Waals surface area contributed by atoms with Gasteiger partial charge in [-0.25, -0.2) is 14.6 Å². The number of nitrogens with zero attached hydrogens (tertiary/aromatic N) is 2. The van der Waals surface area contributed by atoms with Crippen LogP contribution >= 0.6 is 0 Å². The number of urea groups is 1. The van der Waals surface area contributed by atoms with Crippen molar-refractivity contribution in [2.45, 2.75) is 6.54 Å².